The van der Waals surface area contributed by atoms with Gasteiger partial charge < -0.3 is 4.79 Å². The highest BCUT2D eigenvalue weighted by Gasteiger charge is 2.06. The maximum absolute atomic E-state index is 9.89. The van der Waals surface area contributed by atoms with E-state index in [1.54, 1.807) is 0 Å². The monoisotopic (exact) mass is 228 g/mol. The Balaban J connectivity index is 3.33. The number of carbonyl (C=O) groups is 1. The SMILES string of the molecule is CC(C=O)C(Br)Br. The van der Waals surface area contributed by atoms with E-state index in [-0.39, 0.29) is 9.65 Å². The molecule has 0 aromatic carbocycles. The molecule has 0 amide bonds. The van der Waals surface area contributed by atoms with Gasteiger partial charge in [0.25, 0.3) is 0 Å². The van der Waals surface area contributed by atoms with Gasteiger partial charge in [-0.05, 0) is 0 Å². The average Bonchev–Trinajstić information content (AvgIpc) is 1.65. The summed E-state index contributed by atoms with van der Waals surface area (Å²) < 4.78 is 0.123. The third kappa shape index (κ3) is 3.23. The van der Waals surface area contributed by atoms with Crippen molar-refractivity contribution in [2.75, 3.05) is 0 Å². The summed E-state index contributed by atoms with van der Waals surface area (Å²) in [4.78, 5) is 9.89. The van der Waals surface area contributed by atoms with Crippen LogP contribution in [0.15, 0.2) is 0 Å². The number of halogens is 2. The fourth-order valence-corrected chi connectivity index (χ4v) is 0.309. The van der Waals surface area contributed by atoms with Crippen LogP contribution in [0, 0.1) is 5.92 Å². The smallest absolute Gasteiger partial charge is 0.124 e. The van der Waals surface area contributed by atoms with Crippen LogP contribution in [-0.2, 0) is 4.79 Å². The van der Waals surface area contributed by atoms with Gasteiger partial charge in [0.1, 0.15) is 6.29 Å². The van der Waals surface area contributed by atoms with Crippen LogP contribution in [0.1, 0.15) is 6.92 Å². The molecule has 0 rings (SSSR count). The molecular weight excluding hydrogens is 224 g/mol. The summed E-state index contributed by atoms with van der Waals surface area (Å²) in [5.74, 6) is 0.0556. The van der Waals surface area contributed by atoms with Crippen LogP contribution in [0.25, 0.3) is 0 Å². The van der Waals surface area contributed by atoms with Crippen molar-refractivity contribution in [1.29, 1.82) is 0 Å². The van der Waals surface area contributed by atoms with Crippen molar-refractivity contribution in [2.45, 2.75) is 10.7 Å². The highest BCUT2D eigenvalue weighted by Crippen LogP contribution is 2.16. The second-order valence-electron chi connectivity index (χ2n) is 1.33. The Kier molecular flexibility index (Phi) is 3.93. The summed E-state index contributed by atoms with van der Waals surface area (Å²) in [7, 11) is 0. The van der Waals surface area contributed by atoms with Gasteiger partial charge in [0.2, 0.25) is 0 Å². The molecule has 0 aliphatic carbocycles. The maximum Gasteiger partial charge on any atom is 0.124 e. The summed E-state index contributed by atoms with van der Waals surface area (Å²) in [6.45, 7) is 1.83. The molecule has 0 N–H and O–H groups in total. The van der Waals surface area contributed by atoms with Crippen LogP contribution in [0.2, 0.25) is 0 Å². The number of rotatable bonds is 2. The average molecular weight is 230 g/mol. The Morgan fingerprint density at radius 1 is 1.57 bits per heavy atom. The summed E-state index contributed by atoms with van der Waals surface area (Å²) in [5.41, 5.74) is 0. The molecule has 0 bridgehead atoms. The topological polar surface area (TPSA) is 17.1 Å². The Morgan fingerprint density at radius 2 is 2.00 bits per heavy atom. The number of carbonyl (C=O) groups excluding carboxylic acids is 1. The molecule has 1 atom stereocenters. The van der Waals surface area contributed by atoms with E-state index in [0.29, 0.717) is 0 Å². The summed E-state index contributed by atoms with van der Waals surface area (Å²) in [6, 6.07) is 0. The molecule has 1 nitrogen and oxygen atoms in total. The lowest BCUT2D eigenvalue weighted by molar-refractivity contribution is -0.110. The molecule has 0 fully saturated rings. The van der Waals surface area contributed by atoms with E-state index in [2.05, 4.69) is 31.9 Å². The first-order valence-electron chi connectivity index (χ1n) is 1.92. The van der Waals surface area contributed by atoms with Gasteiger partial charge in [-0.15, -0.1) is 0 Å². The summed E-state index contributed by atoms with van der Waals surface area (Å²) in [5, 5.41) is 0. The Labute approximate surface area is 59.7 Å². The molecule has 0 heterocycles. The van der Waals surface area contributed by atoms with Crippen molar-refractivity contribution in [3.8, 4) is 0 Å². The summed E-state index contributed by atoms with van der Waals surface area (Å²) in [6.07, 6.45) is 0.897. The Morgan fingerprint density at radius 3 is 2.00 bits per heavy atom. The molecule has 42 valence electrons. The third-order valence-electron chi connectivity index (χ3n) is 0.612. The lowest BCUT2D eigenvalue weighted by Gasteiger charge is -2.00. The third-order valence-corrected chi connectivity index (χ3v) is 2.28. The largest absolute Gasteiger partial charge is 0.303 e. The van der Waals surface area contributed by atoms with Crippen molar-refractivity contribution in [3.63, 3.8) is 0 Å². The molecule has 0 aliphatic rings. The first-order valence-corrected chi connectivity index (χ1v) is 3.75. The lowest BCUT2D eigenvalue weighted by atomic mass is 10.3. The molecular formula is C4H6Br2O. The van der Waals surface area contributed by atoms with Crippen LogP contribution >= 0.6 is 31.9 Å². The number of hydrogen-bond acceptors (Lipinski definition) is 1. The maximum atomic E-state index is 9.89. The van der Waals surface area contributed by atoms with Gasteiger partial charge in [0.05, 0.1) is 3.74 Å². The van der Waals surface area contributed by atoms with Crippen molar-refractivity contribution in [1.82, 2.24) is 0 Å². The predicted octanol–water partition coefficient (Wildman–Crippen LogP) is 1.94. The van der Waals surface area contributed by atoms with Crippen LogP contribution in [-0.4, -0.2) is 10.0 Å². The molecule has 0 aromatic heterocycles. The zero-order valence-electron chi connectivity index (χ0n) is 3.90. The molecule has 0 aromatic rings. The van der Waals surface area contributed by atoms with Crippen molar-refractivity contribution in [2.24, 2.45) is 5.92 Å². The molecule has 3 heteroatoms. The Hall–Kier alpha value is 0.630. The highest BCUT2D eigenvalue weighted by molar-refractivity contribution is 9.24. The van der Waals surface area contributed by atoms with Crippen molar-refractivity contribution in [3.05, 3.63) is 0 Å². The fraction of sp³-hybridized carbons (Fsp3) is 0.750. The van der Waals surface area contributed by atoms with Gasteiger partial charge in [0.15, 0.2) is 0 Å². The lowest BCUT2D eigenvalue weighted by Crippen LogP contribution is -2.02. The van der Waals surface area contributed by atoms with Gasteiger partial charge in [0, 0.05) is 5.92 Å². The van der Waals surface area contributed by atoms with E-state index >= 15 is 0 Å². The van der Waals surface area contributed by atoms with Gasteiger partial charge >= 0.3 is 0 Å². The second kappa shape index (κ2) is 3.61. The van der Waals surface area contributed by atoms with Gasteiger partial charge in [-0.1, -0.05) is 38.8 Å². The number of hydrogen-bond donors (Lipinski definition) is 0. The zero-order chi connectivity index (χ0) is 5.86. The van der Waals surface area contributed by atoms with Crippen LogP contribution in [0.4, 0.5) is 0 Å². The molecule has 0 spiro atoms. The fourth-order valence-electron chi connectivity index (χ4n) is 0.0594. The van der Waals surface area contributed by atoms with Crippen molar-refractivity contribution < 1.29 is 4.79 Å². The van der Waals surface area contributed by atoms with Crippen LogP contribution in [0.3, 0.4) is 0 Å². The number of alkyl halides is 2. The van der Waals surface area contributed by atoms with E-state index in [1.165, 1.54) is 0 Å². The first kappa shape index (κ1) is 7.63. The van der Waals surface area contributed by atoms with E-state index in [0.717, 1.165) is 6.29 Å². The second-order valence-corrected chi connectivity index (χ2v) is 4.53. The van der Waals surface area contributed by atoms with E-state index in [1.807, 2.05) is 6.92 Å². The number of aldehydes is 1. The van der Waals surface area contributed by atoms with E-state index < -0.39 is 0 Å². The molecule has 7 heavy (non-hydrogen) atoms. The predicted molar refractivity (Wildman–Crippen MR) is 36.9 cm³/mol. The highest BCUT2D eigenvalue weighted by atomic mass is 79.9. The van der Waals surface area contributed by atoms with E-state index in [9.17, 15) is 4.79 Å². The minimum absolute atomic E-state index is 0.0556. The molecule has 1 unspecified atom stereocenters. The van der Waals surface area contributed by atoms with Gasteiger partial charge in [-0.3, -0.25) is 0 Å². The standard InChI is InChI=1S/C4H6Br2O/c1-3(2-7)4(5)6/h2-4H,1H3. The van der Waals surface area contributed by atoms with Gasteiger partial charge in [-0.2, -0.15) is 0 Å². The molecule has 0 saturated heterocycles. The normalized spacial score (nSPS) is 14.3. The zero-order valence-corrected chi connectivity index (χ0v) is 7.07. The minimum Gasteiger partial charge on any atom is -0.303 e. The Bertz CT molecular complexity index is 62.7. The molecule has 0 radical (unpaired) electrons. The van der Waals surface area contributed by atoms with Crippen molar-refractivity contribution >= 4 is 38.1 Å². The quantitative estimate of drug-likeness (QED) is 0.523. The molecule has 0 saturated carbocycles. The van der Waals surface area contributed by atoms with Crippen LogP contribution < -0.4 is 0 Å². The molecule has 0 aliphatic heterocycles. The van der Waals surface area contributed by atoms with Crippen LogP contribution in [0.5, 0.6) is 0 Å². The van der Waals surface area contributed by atoms with E-state index in [4.69, 9.17) is 0 Å². The minimum atomic E-state index is 0.0556. The summed E-state index contributed by atoms with van der Waals surface area (Å²) >= 11 is 6.37. The first-order chi connectivity index (χ1) is 3.18. The van der Waals surface area contributed by atoms with Gasteiger partial charge in [-0.25, -0.2) is 0 Å².